The predicted octanol–water partition coefficient (Wildman–Crippen LogP) is 1.48. The number of anilines is 1. The molecule has 0 spiro atoms. The van der Waals surface area contributed by atoms with Crippen LogP contribution in [0.25, 0.3) is 0 Å². The fraction of sp³-hybridized carbons (Fsp3) is 0.357. The molecular formula is C14H16N4O2. The Kier molecular flexibility index (Phi) is 2.93. The second-order valence-corrected chi connectivity index (χ2v) is 4.99. The summed E-state index contributed by atoms with van der Waals surface area (Å²) in [5.74, 6) is 0.280. The molecule has 0 radical (unpaired) electrons. The standard InChI is InChI=1S/C14H16N4O2/c1-2-16-12(19)11-17-13(20-18-11)14(7-8-14)9-3-5-10(15)6-4-9/h3-6H,2,7-8,15H2,1H3,(H,16,19). The highest BCUT2D eigenvalue weighted by atomic mass is 16.5. The molecule has 1 aliphatic rings. The fourth-order valence-corrected chi connectivity index (χ4v) is 2.30. The van der Waals surface area contributed by atoms with E-state index in [-0.39, 0.29) is 17.1 Å². The number of amides is 1. The van der Waals surface area contributed by atoms with Crippen molar-refractivity contribution in [2.45, 2.75) is 25.2 Å². The normalized spacial score (nSPS) is 15.8. The first kappa shape index (κ1) is 12.7. The smallest absolute Gasteiger partial charge is 0.292 e. The fourth-order valence-electron chi connectivity index (χ4n) is 2.30. The highest BCUT2D eigenvalue weighted by molar-refractivity contribution is 5.90. The van der Waals surface area contributed by atoms with Gasteiger partial charge in [0.15, 0.2) is 0 Å². The summed E-state index contributed by atoms with van der Waals surface area (Å²) in [5, 5.41) is 6.41. The molecule has 1 fully saturated rings. The summed E-state index contributed by atoms with van der Waals surface area (Å²) in [7, 11) is 0. The van der Waals surface area contributed by atoms with E-state index >= 15 is 0 Å². The van der Waals surface area contributed by atoms with Crippen LogP contribution in [0.3, 0.4) is 0 Å². The average molecular weight is 272 g/mol. The number of rotatable bonds is 4. The van der Waals surface area contributed by atoms with Crippen LogP contribution in [-0.2, 0) is 5.41 Å². The van der Waals surface area contributed by atoms with Gasteiger partial charge in [0, 0.05) is 12.2 Å². The van der Waals surface area contributed by atoms with Crippen molar-refractivity contribution in [1.29, 1.82) is 0 Å². The Morgan fingerprint density at radius 1 is 1.40 bits per heavy atom. The molecule has 20 heavy (non-hydrogen) atoms. The van der Waals surface area contributed by atoms with E-state index in [1.807, 2.05) is 31.2 Å². The first-order valence-corrected chi connectivity index (χ1v) is 6.64. The third-order valence-electron chi connectivity index (χ3n) is 3.59. The maximum Gasteiger partial charge on any atom is 0.292 e. The molecule has 0 bridgehead atoms. The predicted molar refractivity (Wildman–Crippen MR) is 73.2 cm³/mol. The lowest BCUT2D eigenvalue weighted by molar-refractivity contribution is 0.0942. The molecule has 104 valence electrons. The molecular weight excluding hydrogens is 256 g/mol. The number of hydrogen-bond acceptors (Lipinski definition) is 5. The molecule has 6 heteroatoms. The number of nitrogen functional groups attached to an aromatic ring is 1. The summed E-state index contributed by atoms with van der Waals surface area (Å²) < 4.78 is 5.29. The summed E-state index contributed by atoms with van der Waals surface area (Å²) in [4.78, 5) is 15.9. The van der Waals surface area contributed by atoms with Crippen LogP contribution in [0.4, 0.5) is 5.69 Å². The van der Waals surface area contributed by atoms with Gasteiger partial charge >= 0.3 is 0 Å². The Bertz CT molecular complexity index is 629. The van der Waals surface area contributed by atoms with Crippen molar-refractivity contribution in [3.05, 3.63) is 41.5 Å². The molecule has 1 saturated carbocycles. The van der Waals surface area contributed by atoms with Gasteiger partial charge in [-0.05, 0) is 37.5 Å². The summed E-state index contributed by atoms with van der Waals surface area (Å²) >= 11 is 0. The second-order valence-electron chi connectivity index (χ2n) is 4.99. The first-order valence-electron chi connectivity index (χ1n) is 6.64. The highest BCUT2D eigenvalue weighted by Gasteiger charge is 2.51. The van der Waals surface area contributed by atoms with Gasteiger partial charge in [-0.2, -0.15) is 4.98 Å². The van der Waals surface area contributed by atoms with Crippen molar-refractivity contribution < 1.29 is 9.32 Å². The number of carbonyl (C=O) groups excluding carboxylic acids is 1. The van der Waals surface area contributed by atoms with Crippen LogP contribution in [0, 0.1) is 0 Å². The van der Waals surface area contributed by atoms with Gasteiger partial charge in [-0.1, -0.05) is 17.3 Å². The van der Waals surface area contributed by atoms with Crippen LogP contribution in [-0.4, -0.2) is 22.6 Å². The van der Waals surface area contributed by atoms with E-state index in [4.69, 9.17) is 10.3 Å². The van der Waals surface area contributed by atoms with Crippen LogP contribution in [0.5, 0.6) is 0 Å². The van der Waals surface area contributed by atoms with Gasteiger partial charge in [0.2, 0.25) is 5.89 Å². The van der Waals surface area contributed by atoms with Crippen LogP contribution < -0.4 is 11.1 Å². The second kappa shape index (κ2) is 4.63. The Balaban J connectivity index is 1.89. The van der Waals surface area contributed by atoms with Crippen molar-refractivity contribution in [2.75, 3.05) is 12.3 Å². The van der Waals surface area contributed by atoms with E-state index in [0.29, 0.717) is 12.4 Å². The highest BCUT2D eigenvalue weighted by Crippen LogP contribution is 2.52. The summed E-state index contributed by atoms with van der Waals surface area (Å²) in [5.41, 5.74) is 7.27. The first-order chi connectivity index (χ1) is 9.65. The average Bonchev–Trinajstić information content (AvgIpc) is 3.10. The Morgan fingerprint density at radius 3 is 2.70 bits per heavy atom. The van der Waals surface area contributed by atoms with Gasteiger partial charge in [0.25, 0.3) is 11.7 Å². The Labute approximate surface area is 116 Å². The summed E-state index contributed by atoms with van der Waals surface area (Å²) in [6.45, 7) is 2.38. The molecule has 0 aliphatic heterocycles. The lowest BCUT2D eigenvalue weighted by atomic mass is 9.96. The molecule has 0 unspecified atom stereocenters. The summed E-state index contributed by atoms with van der Waals surface area (Å²) in [6.07, 6.45) is 1.88. The summed E-state index contributed by atoms with van der Waals surface area (Å²) in [6, 6.07) is 7.66. The quantitative estimate of drug-likeness (QED) is 0.822. The molecule has 1 heterocycles. The Morgan fingerprint density at radius 2 is 2.10 bits per heavy atom. The van der Waals surface area contributed by atoms with E-state index in [0.717, 1.165) is 24.1 Å². The minimum Gasteiger partial charge on any atom is -0.399 e. The third-order valence-corrected chi connectivity index (χ3v) is 3.59. The molecule has 1 aromatic carbocycles. The molecule has 1 aromatic heterocycles. The van der Waals surface area contributed by atoms with Gasteiger partial charge in [0.05, 0.1) is 5.41 Å². The van der Waals surface area contributed by atoms with Crippen LogP contribution in [0.15, 0.2) is 28.8 Å². The number of nitrogens with two attached hydrogens (primary N) is 1. The maximum atomic E-state index is 11.7. The lowest BCUT2D eigenvalue weighted by Gasteiger charge is -2.10. The lowest BCUT2D eigenvalue weighted by Crippen LogP contribution is -2.24. The van der Waals surface area contributed by atoms with Crippen molar-refractivity contribution in [3.63, 3.8) is 0 Å². The number of hydrogen-bond donors (Lipinski definition) is 2. The number of nitrogens with one attached hydrogen (secondary N) is 1. The molecule has 6 nitrogen and oxygen atoms in total. The molecule has 0 saturated heterocycles. The maximum absolute atomic E-state index is 11.7. The monoisotopic (exact) mass is 272 g/mol. The topological polar surface area (TPSA) is 94.0 Å². The zero-order valence-electron chi connectivity index (χ0n) is 11.2. The molecule has 3 rings (SSSR count). The zero-order chi connectivity index (χ0) is 14.2. The van der Waals surface area contributed by atoms with Crippen LogP contribution in [0.2, 0.25) is 0 Å². The molecule has 3 N–H and O–H groups in total. The van der Waals surface area contributed by atoms with E-state index in [1.165, 1.54) is 0 Å². The van der Waals surface area contributed by atoms with E-state index in [9.17, 15) is 4.79 Å². The Hall–Kier alpha value is -2.37. The van der Waals surface area contributed by atoms with Crippen molar-refractivity contribution in [2.24, 2.45) is 0 Å². The molecule has 2 aromatic rings. The van der Waals surface area contributed by atoms with Gasteiger partial charge in [-0.3, -0.25) is 4.79 Å². The number of aromatic nitrogens is 2. The minimum atomic E-state index is -0.310. The third kappa shape index (κ3) is 2.03. The molecule has 1 aliphatic carbocycles. The van der Waals surface area contributed by atoms with Gasteiger partial charge < -0.3 is 15.6 Å². The molecule has 1 amide bonds. The number of nitrogens with zero attached hydrogens (tertiary/aromatic N) is 2. The van der Waals surface area contributed by atoms with Crippen LogP contribution >= 0.6 is 0 Å². The van der Waals surface area contributed by atoms with E-state index < -0.39 is 0 Å². The number of benzene rings is 1. The number of carbonyl (C=O) groups is 1. The zero-order valence-corrected chi connectivity index (χ0v) is 11.2. The van der Waals surface area contributed by atoms with Gasteiger partial charge in [-0.25, -0.2) is 0 Å². The molecule has 0 atom stereocenters. The largest absolute Gasteiger partial charge is 0.399 e. The van der Waals surface area contributed by atoms with Gasteiger partial charge in [0.1, 0.15) is 0 Å². The van der Waals surface area contributed by atoms with Crippen molar-refractivity contribution in [3.8, 4) is 0 Å². The van der Waals surface area contributed by atoms with Gasteiger partial charge in [-0.15, -0.1) is 0 Å². The SMILES string of the molecule is CCNC(=O)c1noc(C2(c3ccc(N)cc3)CC2)n1. The van der Waals surface area contributed by atoms with E-state index in [1.54, 1.807) is 0 Å². The van der Waals surface area contributed by atoms with Crippen LogP contribution in [0.1, 0.15) is 41.8 Å². The minimum absolute atomic E-state index is 0.0866. The van der Waals surface area contributed by atoms with Crippen molar-refractivity contribution >= 4 is 11.6 Å². The van der Waals surface area contributed by atoms with Crippen molar-refractivity contribution in [1.82, 2.24) is 15.5 Å². The van der Waals surface area contributed by atoms with E-state index in [2.05, 4.69) is 15.5 Å².